The van der Waals surface area contributed by atoms with Gasteiger partial charge in [0.05, 0.1) is 0 Å². The van der Waals surface area contributed by atoms with Crippen molar-refractivity contribution in [1.29, 1.82) is 0 Å². The maximum absolute atomic E-state index is 4.44. The van der Waals surface area contributed by atoms with Crippen LogP contribution in [-0.2, 0) is 12.8 Å². The largest absolute Gasteiger partial charge is 0.258 e. The van der Waals surface area contributed by atoms with E-state index in [-0.39, 0.29) is 12.4 Å². The maximum Gasteiger partial charge on any atom is 0.0415 e. The van der Waals surface area contributed by atoms with Gasteiger partial charge in [-0.3, -0.25) is 4.98 Å². The van der Waals surface area contributed by atoms with Gasteiger partial charge in [0.15, 0.2) is 0 Å². The lowest BCUT2D eigenvalue weighted by Gasteiger charge is -2.00. The quantitative estimate of drug-likeness (QED) is 0.784. The van der Waals surface area contributed by atoms with Crippen molar-refractivity contribution >= 4 is 28.3 Å². The first-order valence-corrected chi connectivity index (χ1v) is 4.71. The lowest BCUT2D eigenvalue weighted by Crippen LogP contribution is -1.92. The van der Waals surface area contributed by atoms with E-state index in [1.807, 2.05) is 0 Å². The Bertz CT molecular complexity index is 228. The Morgan fingerprint density at radius 2 is 1.58 bits per heavy atom. The van der Waals surface area contributed by atoms with Gasteiger partial charge in [-0.1, -0.05) is 29.8 Å². The maximum atomic E-state index is 4.44. The van der Waals surface area contributed by atoms with Crippen molar-refractivity contribution in [2.24, 2.45) is 0 Å². The lowest BCUT2D eigenvalue weighted by molar-refractivity contribution is 0.951. The number of rotatable bonds is 2. The molecule has 0 atom stereocenters. The van der Waals surface area contributed by atoms with Crippen LogP contribution in [0, 0.1) is 0 Å². The summed E-state index contributed by atoms with van der Waals surface area (Å²) in [6.07, 6.45) is 2.01. The number of halogens is 2. The van der Waals surface area contributed by atoms with Crippen LogP contribution in [0.15, 0.2) is 16.6 Å². The third kappa shape index (κ3) is 3.11. The van der Waals surface area contributed by atoms with Gasteiger partial charge in [0, 0.05) is 15.9 Å². The monoisotopic (exact) mass is 249 g/mol. The molecule has 1 aromatic rings. The molecule has 0 aliphatic rings. The van der Waals surface area contributed by atoms with E-state index in [1.165, 1.54) is 0 Å². The normalized spacial score (nSPS) is 9.25. The molecule has 0 aliphatic carbocycles. The van der Waals surface area contributed by atoms with Crippen LogP contribution in [-0.4, -0.2) is 4.98 Å². The Morgan fingerprint density at radius 1 is 1.17 bits per heavy atom. The summed E-state index contributed by atoms with van der Waals surface area (Å²) >= 11 is 3.45. The average molecular weight is 251 g/mol. The highest BCUT2D eigenvalue weighted by Crippen LogP contribution is 2.13. The molecule has 0 aromatic carbocycles. The van der Waals surface area contributed by atoms with Gasteiger partial charge in [-0.05, 0) is 25.0 Å². The molecule has 0 radical (unpaired) electrons. The fourth-order valence-corrected chi connectivity index (χ4v) is 1.50. The highest BCUT2D eigenvalue weighted by molar-refractivity contribution is 9.10. The van der Waals surface area contributed by atoms with Crippen LogP contribution in [0.25, 0.3) is 0 Å². The fraction of sp³-hybridized carbons (Fsp3) is 0.444. The van der Waals surface area contributed by atoms with Gasteiger partial charge in [-0.25, -0.2) is 0 Å². The molecule has 68 valence electrons. The van der Waals surface area contributed by atoms with E-state index >= 15 is 0 Å². The predicted molar refractivity (Wildman–Crippen MR) is 57.9 cm³/mol. The van der Waals surface area contributed by atoms with E-state index in [2.05, 4.69) is 46.9 Å². The zero-order valence-electron chi connectivity index (χ0n) is 7.30. The molecule has 0 saturated heterocycles. The molecule has 1 aromatic heterocycles. The smallest absolute Gasteiger partial charge is 0.0415 e. The topological polar surface area (TPSA) is 12.9 Å². The number of aromatic nitrogens is 1. The Balaban J connectivity index is 0.00000121. The highest BCUT2D eigenvalue weighted by Gasteiger charge is 1.96. The van der Waals surface area contributed by atoms with E-state index in [0.717, 1.165) is 28.7 Å². The van der Waals surface area contributed by atoms with Crippen molar-refractivity contribution in [3.63, 3.8) is 0 Å². The number of hydrogen-bond donors (Lipinski definition) is 0. The molecule has 0 bridgehead atoms. The van der Waals surface area contributed by atoms with Crippen molar-refractivity contribution in [3.8, 4) is 0 Å². The number of aryl methyl sites for hydroxylation is 2. The zero-order valence-corrected chi connectivity index (χ0v) is 9.70. The van der Waals surface area contributed by atoms with Crippen LogP contribution in [0.3, 0.4) is 0 Å². The Hall–Kier alpha value is -0.0800. The number of nitrogens with zero attached hydrogens (tertiary/aromatic N) is 1. The first-order valence-electron chi connectivity index (χ1n) is 3.91. The summed E-state index contributed by atoms with van der Waals surface area (Å²) in [6, 6.07) is 4.14. The molecule has 0 saturated carbocycles. The van der Waals surface area contributed by atoms with E-state index in [0.29, 0.717) is 0 Å². The molecule has 0 fully saturated rings. The summed E-state index contributed by atoms with van der Waals surface area (Å²) in [5, 5.41) is 0. The second-order valence-corrected chi connectivity index (χ2v) is 3.39. The van der Waals surface area contributed by atoms with Crippen molar-refractivity contribution in [2.45, 2.75) is 26.7 Å². The third-order valence-corrected chi connectivity index (χ3v) is 2.08. The molecular formula is C9H13BrClN. The first-order chi connectivity index (χ1) is 5.26. The minimum atomic E-state index is 0. The van der Waals surface area contributed by atoms with Gasteiger partial charge in [-0.15, -0.1) is 12.4 Å². The van der Waals surface area contributed by atoms with Crippen LogP contribution in [0.2, 0.25) is 0 Å². The minimum absolute atomic E-state index is 0. The Morgan fingerprint density at radius 3 is 1.92 bits per heavy atom. The molecule has 1 heterocycles. The van der Waals surface area contributed by atoms with E-state index in [1.54, 1.807) is 0 Å². The van der Waals surface area contributed by atoms with Crippen molar-refractivity contribution in [1.82, 2.24) is 4.98 Å². The van der Waals surface area contributed by atoms with Crippen molar-refractivity contribution in [3.05, 3.63) is 28.0 Å². The summed E-state index contributed by atoms with van der Waals surface area (Å²) in [5.41, 5.74) is 2.33. The van der Waals surface area contributed by atoms with Crippen LogP contribution in [0.5, 0.6) is 0 Å². The van der Waals surface area contributed by atoms with E-state index in [9.17, 15) is 0 Å². The molecule has 0 aliphatic heterocycles. The van der Waals surface area contributed by atoms with Crippen LogP contribution in [0.1, 0.15) is 25.2 Å². The van der Waals surface area contributed by atoms with Gasteiger partial charge in [0.2, 0.25) is 0 Å². The number of pyridine rings is 1. The predicted octanol–water partition coefficient (Wildman–Crippen LogP) is 3.39. The molecule has 0 amide bonds. The summed E-state index contributed by atoms with van der Waals surface area (Å²) in [6.45, 7) is 4.24. The SMILES string of the molecule is CCc1cc(Br)cc(CC)n1.Cl. The van der Waals surface area contributed by atoms with E-state index < -0.39 is 0 Å². The van der Waals surface area contributed by atoms with Crippen LogP contribution < -0.4 is 0 Å². The molecule has 0 spiro atoms. The van der Waals surface area contributed by atoms with Gasteiger partial charge in [0.1, 0.15) is 0 Å². The van der Waals surface area contributed by atoms with Crippen LogP contribution >= 0.6 is 28.3 Å². The first kappa shape index (κ1) is 11.9. The summed E-state index contributed by atoms with van der Waals surface area (Å²) < 4.78 is 1.14. The second kappa shape index (κ2) is 5.55. The molecular weight excluding hydrogens is 237 g/mol. The molecule has 0 unspecified atom stereocenters. The number of hydrogen-bond acceptors (Lipinski definition) is 1. The van der Waals surface area contributed by atoms with Gasteiger partial charge in [0.25, 0.3) is 0 Å². The molecule has 0 N–H and O–H groups in total. The zero-order chi connectivity index (χ0) is 8.27. The Kier molecular flexibility index (Phi) is 5.51. The second-order valence-electron chi connectivity index (χ2n) is 2.48. The Labute approximate surface area is 88.1 Å². The van der Waals surface area contributed by atoms with Gasteiger partial charge < -0.3 is 0 Å². The van der Waals surface area contributed by atoms with Gasteiger partial charge in [-0.2, -0.15) is 0 Å². The van der Waals surface area contributed by atoms with Crippen molar-refractivity contribution in [2.75, 3.05) is 0 Å². The molecule has 12 heavy (non-hydrogen) atoms. The lowest BCUT2D eigenvalue weighted by atomic mass is 10.2. The molecule has 1 nitrogen and oxygen atoms in total. The minimum Gasteiger partial charge on any atom is -0.258 e. The summed E-state index contributed by atoms with van der Waals surface area (Å²) in [5.74, 6) is 0. The summed E-state index contributed by atoms with van der Waals surface area (Å²) in [4.78, 5) is 4.44. The standard InChI is InChI=1S/C9H12BrN.ClH/c1-3-8-5-7(10)6-9(4-2)11-8;/h5-6H,3-4H2,1-2H3;1H. The van der Waals surface area contributed by atoms with Crippen molar-refractivity contribution < 1.29 is 0 Å². The highest BCUT2D eigenvalue weighted by atomic mass is 79.9. The molecule has 3 heteroatoms. The van der Waals surface area contributed by atoms with Crippen LogP contribution in [0.4, 0.5) is 0 Å². The van der Waals surface area contributed by atoms with Gasteiger partial charge >= 0.3 is 0 Å². The fourth-order valence-electron chi connectivity index (χ4n) is 0.971. The summed E-state index contributed by atoms with van der Waals surface area (Å²) in [7, 11) is 0. The van der Waals surface area contributed by atoms with E-state index in [4.69, 9.17) is 0 Å². The molecule has 1 rings (SSSR count). The third-order valence-electron chi connectivity index (χ3n) is 1.62. The average Bonchev–Trinajstić information content (AvgIpc) is 2.03.